The van der Waals surface area contributed by atoms with Crippen LogP contribution in [-0.2, 0) is 4.79 Å². The van der Waals surface area contributed by atoms with Crippen LogP contribution in [0.2, 0.25) is 5.02 Å². The summed E-state index contributed by atoms with van der Waals surface area (Å²) in [4.78, 5) is 21.5. The maximum atomic E-state index is 13.0. The Labute approximate surface area is 180 Å². The summed E-state index contributed by atoms with van der Waals surface area (Å²) >= 11 is 7.69. The van der Waals surface area contributed by atoms with Crippen molar-refractivity contribution in [1.29, 1.82) is 0 Å². The van der Waals surface area contributed by atoms with Crippen molar-refractivity contribution in [1.82, 2.24) is 9.88 Å². The Morgan fingerprint density at radius 1 is 1.21 bits per heavy atom. The number of nitrogens with zero attached hydrogens (tertiary/aromatic N) is 3. The number of carbonyl (C=O) groups excluding carboxylic acids is 1. The third kappa shape index (κ3) is 5.56. The molecule has 152 valence electrons. The summed E-state index contributed by atoms with van der Waals surface area (Å²) in [5.41, 5.74) is 1.66. The second kappa shape index (κ2) is 9.87. The van der Waals surface area contributed by atoms with Gasteiger partial charge in [-0.25, -0.2) is 4.98 Å². The number of hydrogen-bond acceptors (Lipinski definition) is 5. The van der Waals surface area contributed by atoms with E-state index in [0.717, 1.165) is 34.5 Å². The highest BCUT2D eigenvalue weighted by Gasteiger charge is 2.18. The van der Waals surface area contributed by atoms with Gasteiger partial charge < -0.3 is 9.64 Å². The fraction of sp³-hybridized carbons (Fsp3) is 0.273. The number of rotatable bonds is 8. The van der Waals surface area contributed by atoms with E-state index < -0.39 is 0 Å². The lowest BCUT2D eigenvalue weighted by Crippen LogP contribution is -2.32. The Morgan fingerprint density at radius 2 is 2.00 bits per heavy atom. The molecular formula is C22H24ClN3O2S. The number of anilines is 1. The predicted octanol–water partition coefficient (Wildman–Crippen LogP) is 4.96. The van der Waals surface area contributed by atoms with Crippen molar-refractivity contribution in [2.75, 3.05) is 39.2 Å². The topological polar surface area (TPSA) is 45.7 Å². The molecule has 5 nitrogen and oxygen atoms in total. The van der Waals surface area contributed by atoms with E-state index >= 15 is 0 Å². The van der Waals surface area contributed by atoms with Gasteiger partial charge in [0.25, 0.3) is 5.91 Å². The van der Waals surface area contributed by atoms with Crippen molar-refractivity contribution in [2.45, 2.75) is 6.42 Å². The molecule has 7 heteroatoms. The van der Waals surface area contributed by atoms with E-state index in [9.17, 15) is 4.79 Å². The quantitative estimate of drug-likeness (QED) is 0.475. The van der Waals surface area contributed by atoms with Crippen LogP contribution in [0.15, 0.2) is 48.5 Å². The summed E-state index contributed by atoms with van der Waals surface area (Å²) in [5.74, 6) is 0.659. The normalized spacial score (nSPS) is 11.5. The zero-order chi connectivity index (χ0) is 20.8. The largest absolute Gasteiger partial charge is 0.497 e. The van der Waals surface area contributed by atoms with Gasteiger partial charge in [0.2, 0.25) is 0 Å². The van der Waals surface area contributed by atoms with Crippen LogP contribution in [0.25, 0.3) is 16.3 Å². The van der Waals surface area contributed by atoms with E-state index in [-0.39, 0.29) is 5.91 Å². The average Bonchev–Trinajstić information content (AvgIpc) is 3.12. The molecule has 0 aliphatic heterocycles. The van der Waals surface area contributed by atoms with Crippen LogP contribution in [0.5, 0.6) is 5.75 Å². The number of fused-ring (bicyclic) bond motifs is 1. The molecule has 2 aromatic carbocycles. The van der Waals surface area contributed by atoms with Crippen LogP contribution in [-0.4, -0.2) is 50.1 Å². The number of amides is 1. The maximum absolute atomic E-state index is 13.0. The highest BCUT2D eigenvalue weighted by atomic mass is 35.5. The fourth-order valence-electron chi connectivity index (χ4n) is 2.84. The van der Waals surface area contributed by atoms with E-state index in [1.54, 1.807) is 24.2 Å². The van der Waals surface area contributed by atoms with Gasteiger partial charge in [-0.2, -0.15) is 0 Å². The van der Waals surface area contributed by atoms with Crippen molar-refractivity contribution in [2.24, 2.45) is 0 Å². The summed E-state index contributed by atoms with van der Waals surface area (Å²) < 4.78 is 6.28. The zero-order valence-electron chi connectivity index (χ0n) is 16.8. The van der Waals surface area contributed by atoms with Crippen molar-refractivity contribution >= 4 is 50.3 Å². The first-order valence-electron chi connectivity index (χ1n) is 9.31. The number of thiazole rings is 1. The molecule has 0 aliphatic rings. The first kappa shape index (κ1) is 21.3. The molecule has 0 atom stereocenters. The molecule has 0 saturated carbocycles. The molecule has 3 aromatic rings. The molecule has 0 N–H and O–H groups in total. The lowest BCUT2D eigenvalue weighted by Gasteiger charge is -2.19. The minimum absolute atomic E-state index is 0.116. The molecule has 0 aliphatic carbocycles. The fourth-order valence-corrected chi connectivity index (χ4v) is 4.07. The Bertz CT molecular complexity index is 1020. The van der Waals surface area contributed by atoms with Gasteiger partial charge in [0.1, 0.15) is 5.75 Å². The van der Waals surface area contributed by atoms with Crippen LogP contribution >= 0.6 is 22.9 Å². The molecule has 0 unspecified atom stereocenters. The number of carbonyl (C=O) groups is 1. The molecule has 3 rings (SSSR count). The lowest BCUT2D eigenvalue weighted by atomic mass is 10.2. The second-order valence-corrected chi connectivity index (χ2v) is 8.25. The smallest absolute Gasteiger partial charge is 0.252 e. The van der Waals surface area contributed by atoms with Crippen molar-refractivity contribution < 1.29 is 9.53 Å². The zero-order valence-corrected chi connectivity index (χ0v) is 18.3. The molecule has 1 heterocycles. The minimum atomic E-state index is -0.116. The number of hydrogen-bond donors (Lipinski definition) is 0. The van der Waals surface area contributed by atoms with Gasteiger partial charge in [0.15, 0.2) is 5.13 Å². The van der Waals surface area contributed by atoms with E-state index in [2.05, 4.69) is 9.88 Å². The van der Waals surface area contributed by atoms with Crippen LogP contribution in [0.4, 0.5) is 5.13 Å². The van der Waals surface area contributed by atoms with Crippen molar-refractivity contribution in [3.8, 4) is 5.75 Å². The summed E-state index contributed by atoms with van der Waals surface area (Å²) in [6, 6.07) is 13.2. The third-order valence-electron chi connectivity index (χ3n) is 4.38. The molecule has 0 spiro atoms. The molecular weight excluding hydrogens is 406 g/mol. The number of ether oxygens (including phenoxy) is 1. The molecule has 1 amide bonds. The first-order valence-corrected chi connectivity index (χ1v) is 10.5. The summed E-state index contributed by atoms with van der Waals surface area (Å²) in [6.07, 6.45) is 4.15. The highest BCUT2D eigenvalue weighted by Crippen LogP contribution is 2.32. The molecule has 0 bridgehead atoms. The molecule has 0 fully saturated rings. The van der Waals surface area contributed by atoms with Gasteiger partial charge in [-0.15, -0.1) is 0 Å². The summed E-state index contributed by atoms with van der Waals surface area (Å²) in [5, 5.41) is 1.30. The average molecular weight is 430 g/mol. The van der Waals surface area contributed by atoms with Crippen LogP contribution in [0, 0.1) is 0 Å². The second-order valence-electron chi connectivity index (χ2n) is 6.83. The van der Waals surface area contributed by atoms with E-state index in [4.69, 9.17) is 16.3 Å². The van der Waals surface area contributed by atoms with Gasteiger partial charge in [0, 0.05) is 17.6 Å². The van der Waals surface area contributed by atoms with Crippen molar-refractivity contribution in [3.63, 3.8) is 0 Å². The first-order chi connectivity index (χ1) is 14.0. The van der Waals surface area contributed by atoms with Gasteiger partial charge in [-0.3, -0.25) is 9.69 Å². The van der Waals surface area contributed by atoms with E-state index in [0.29, 0.717) is 16.7 Å². The van der Waals surface area contributed by atoms with Crippen LogP contribution in [0.3, 0.4) is 0 Å². The van der Waals surface area contributed by atoms with Gasteiger partial charge in [-0.1, -0.05) is 41.1 Å². The van der Waals surface area contributed by atoms with Gasteiger partial charge in [0.05, 0.1) is 17.3 Å². The monoisotopic (exact) mass is 429 g/mol. The van der Waals surface area contributed by atoms with Crippen LogP contribution in [0.1, 0.15) is 12.0 Å². The number of benzene rings is 2. The molecule has 0 radical (unpaired) electrons. The maximum Gasteiger partial charge on any atom is 0.252 e. The summed E-state index contributed by atoms with van der Waals surface area (Å²) in [6.45, 7) is 1.47. The highest BCUT2D eigenvalue weighted by molar-refractivity contribution is 7.22. The summed E-state index contributed by atoms with van der Waals surface area (Å²) in [7, 11) is 5.68. The number of aromatic nitrogens is 1. The van der Waals surface area contributed by atoms with Crippen LogP contribution < -0.4 is 9.64 Å². The Balaban J connectivity index is 1.87. The minimum Gasteiger partial charge on any atom is -0.497 e. The van der Waals surface area contributed by atoms with Crippen molar-refractivity contribution in [3.05, 3.63) is 59.1 Å². The van der Waals surface area contributed by atoms with E-state index in [1.807, 2.05) is 56.6 Å². The van der Waals surface area contributed by atoms with Gasteiger partial charge >= 0.3 is 0 Å². The molecule has 1 aromatic heterocycles. The Kier molecular flexibility index (Phi) is 7.25. The third-order valence-corrected chi connectivity index (χ3v) is 5.76. The number of methoxy groups -OCH3 is 1. The van der Waals surface area contributed by atoms with Gasteiger partial charge in [-0.05, 0) is 63.0 Å². The molecule has 0 saturated heterocycles. The predicted molar refractivity (Wildman–Crippen MR) is 122 cm³/mol. The SMILES string of the molecule is COc1ccc2nc(N(CCCN(C)C)C(=O)/C=C/c3ccccc3Cl)sc2c1. The molecule has 29 heavy (non-hydrogen) atoms. The Hall–Kier alpha value is -2.41. The number of halogens is 1. The van der Waals surface area contributed by atoms with E-state index in [1.165, 1.54) is 11.3 Å². The lowest BCUT2D eigenvalue weighted by molar-refractivity contribution is -0.114. The standard InChI is InChI=1S/C22H24ClN3O2S/c1-25(2)13-6-14-26(21(27)12-9-16-7-4-5-8-18(16)23)22-24-19-11-10-17(28-3)15-20(19)29-22/h4-5,7-12,15H,6,13-14H2,1-3H3/b12-9+. The Morgan fingerprint density at radius 3 is 2.72 bits per heavy atom.